The molecule has 17 heavy (non-hydrogen) atoms. The van der Waals surface area contributed by atoms with Crippen LogP contribution in [0.4, 0.5) is 10.8 Å². The van der Waals surface area contributed by atoms with Gasteiger partial charge in [-0.05, 0) is 11.5 Å². The van der Waals surface area contributed by atoms with Gasteiger partial charge in [-0.1, -0.05) is 0 Å². The summed E-state index contributed by atoms with van der Waals surface area (Å²) in [6.45, 7) is 3.30. The Morgan fingerprint density at radius 2 is 2.35 bits per heavy atom. The molecular formula is C10H16N4O2S. The van der Waals surface area contributed by atoms with Gasteiger partial charge in [0.05, 0.1) is 13.2 Å². The number of nitrogen functional groups attached to an aromatic ring is 1. The first-order valence-electron chi connectivity index (χ1n) is 5.57. The third-order valence-corrected chi connectivity index (χ3v) is 3.29. The molecule has 0 aliphatic carbocycles. The van der Waals surface area contributed by atoms with Crippen molar-refractivity contribution < 1.29 is 9.53 Å². The van der Waals surface area contributed by atoms with Crippen LogP contribution in [-0.2, 0) is 9.53 Å². The van der Waals surface area contributed by atoms with Crippen LogP contribution in [0.15, 0.2) is 6.07 Å². The van der Waals surface area contributed by atoms with Gasteiger partial charge in [0.2, 0.25) is 5.91 Å². The predicted molar refractivity (Wildman–Crippen MR) is 67.0 cm³/mol. The van der Waals surface area contributed by atoms with Crippen LogP contribution in [0.1, 0.15) is 6.42 Å². The molecule has 1 saturated heterocycles. The van der Waals surface area contributed by atoms with E-state index in [1.807, 2.05) is 4.90 Å². The van der Waals surface area contributed by atoms with Crippen molar-refractivity contribution in [2.45, 2.75) is 6.42 Å². The molecule has 6 nitrogen and oxygen atoms in total. The molecule has 1 aromatic heterocycles. The van der Waals surface area contributed by atoms with Crippen LogP contribution in [0.3, 0.4) is 0 Å². The van der Waals surface area contributed by atoms with Crippen molar-refractivity contribution in [1.82, 2.24) is 9.27 Å². The summed E-state index contributed by atoms with van der Waals surface area (Å²) in [6.07, 6.45) is 0.484. The van der Waals surface area contributed by atoms with E-state index in [2.05, 4.69) is 9.69 Å². The van der Waals surface area contributed by atoms with Crippen molar-refractivity contribution in [3.05, 3.63) is 6.07 Å². The van der Waals surface area contributed by atoms with E-state index in [1.165, 1.54) is 11.5 Å². The number of nitrogens with one attached hydrogen (secondary N) is 1. The lowest BCUT2D eigenvalue weighted by molar-refractivity contribution is -0.134. The van der Waals surface area contributed by atoms with E-state index in [1.54, 1.807) is 6.07 Å². The van der Waals surface area contributed by atoms with E-state index < -0.39 is 0 Å². The van der Waals surface area contributed by atoms with Gasteiger partial charge in [-0.25, -0.2) is 0 Å². The van der Waals surface area contributed by atoms with Crippen LogP contribution < -0.4 is 11.1 Å². The lowest BCUT2D eigenvalue weighted by atomic mass is 10.3. The zero-order chi connectivity index (χ0) is 12.1. The minimum Gasteiger partial charge on any atom is -0.383 e. The molecule has 0 saturated carbocycles. The van der Waals surface area contributed by atoms with Gasteiger partial charge in [0.1, 0.15) is 10.8 Å². The number of morpholine rings is 1. The smallest absolute Gasteiger partial charge is 0.224 e. The van der Waals surface area contributed by atoms with Crippen molar-refractivity contribution in [3.63, 3.8) is 0 Å². The third kappa shape index (κ3) is 3.57. The number of hydrogen-bond donors (Lipinski definition) is 2. The summed E-state index contributed by atoms with van der Waals surface area (Å²) in [6, 6.07) is 1.77. The minimum absolute atomic E-state index is 0.165. The number of carbonyl (C=O) groups is 1. The molecule has 1 aromatic rings. The largest absolute Gasteiger partial charge is 0.383 e. The Bertz CT molecular complexity index is 376. The van der Waals surface area contributed by atoms with Crippen LogP contribution in [-0.4, -0.2) is 48.0 Å². The maximum absolute atomic E-state index is 11.8. The van der Waals surface area contributed by atoms with E-state index >= 15 is 0 Å². The number of hydrogen-bond acceptors (Lipinski definition) is 6. The van der Waals surface area contributed by atoms with Crippen LogP contribution in [0.25, 0.3) is 0 Å². The predicted octanol–water partition coefficient (Wildman–Crippen LogP) is 0.386. The van der Waals surface area contributed by atoms with E-state index in [9.17, 15) is 4.79 Å². The van der Waals surface area contributed by atoms with E-state index in [0.29, 0.717) is 45.1 Å². The van der Waals surface area contributed by atoms with Gasteiger partial charge < -0.3 is 20.7 Å². The van der Waals surface area contributed by atoms with Crippen LogP contribution >= 0.6 is 11.5 Å². The van der Waals surface area contributed by atoms with Crippen molar-refractivity contribution in [2.75, 3.05) is 43.9 Å². The zero-order valence-corrected chi connectivity index (χ0v) is 10.3. The summed E-state index contributed by atoms with van der Waals surface area (Å²) in [7, 11) is 0. The number of ether oxygens (including phenoxy) is 1. The molecule has 0 unspecified atom stereocenters. The maximum Gasteiger partial charge on any atom is 0.224 e. The van der Waals surface area contributed by atoms with Crippen molar-refractivity contribution >= 4 is 28.3 Å². The van der Waals surface area contributed by atoms with Crippen molar-refractivity contribution in [2.24, 2.45) is 0 Å². The zero-order valence-electron chi connectivity index (χ0n) is 9.52. The molecule has 0 atom stereocenters. The number of nitrogens with zero attached hydrogens (tertiary/aromatic N) is 2. The highest BCUT2D eigenvalue weighted by Gasteiger charge is 2.15. The standard InChI is InChI=1S/C10H16N4O2S/c11-8-7-9(17-13-8)12-2-1-10(15)14-3-5-16-6-4-14/h7,12H,1-6H2,(H2,11,13). The maximum atomic E-state index is 11.8. The SMILES string of the molecule is Nc1cc(NCCC(=O)N2CCOCC2)sn1. The number of amides is 1. The monoisotopic (exact) mass is 256 g/mol. The van der Waals surface area contributed by atoms with Gasteiger partial charge in [-0.3, -0.25) is 4.79 Å². The highest BCUT2D eigenvalue weighted by molar-refractivity contribution is 7.10. The summed E-state index contributed by atoms with van der Waals surface area (Å²) in [5, 5.41) is 4.03. The number of nitrogens with two attached hydrogens (primary N) is 1. The van der Waals surface area contributed by atoms with Crippen LogP contribution in [0.2, 0.25) is 0 Å². The van der Waals surface area contributed by atoms with Gasteiger partial charge in [-0.2, -0.15) is 4.37 Å². The Balaban J connectivity index is 1.69. The molecule has 3 N–H and O–H groups in total. The number of aromatic nitrogens is 1. The highest BCUT2D eigenvalue weighted by Crippen LogP contribution is 2.17. The molecule has 94 valence electrons. The molecule has 1 aliphatic heterocycles. The first-order chi connectivity index (χ1) is 8.25. The Labute approximate surface area is 104 Å². The second kappa shape index (κ2) is 5.83. The summed E-state index contributed by atoms with van der Waals surface area (Å²) in [5.41, 5.74) is 5.50. The molecule has 2 heterocycles. The lowest BCUT2D eigenvalue weighted by Gasteiger charge is -2.26. The minimum atomic E-state index is 0.165. The van der Waals surface area contributed by atoms with Crippen LogP contribution in [0.5, 0.6) is 0 Å². The molecule has 0 bridgehead atoms. The number of carbonyl (C=O) groups excluding carboxylic acids is 1. The Kier molecular flexibility index (Phi) is 4.16. The van der Waals surface area contributed by atoms with Gasteiger partial charge in [0.15, 0.2) is 0 Å². The van der Waals surface area contributed by atoms with Gasteiger partial charge in [0, 0.05) is 32.1 Å². The van der Waals surface area contributed by atoms with Gasteiger partial charge >= 0.3 is 0 Å². The third-order valence-electron chi connectivity index (χ3n) is 2.53. The number of rotatable bonds is 4. The van der Waals surface area contributed by atoms with Crippen LogP contribution in [0, 0.1) is 0 Å². The van der Waals surface area contributed by atoms with Crippen molar-refractivity contribution in [3.8, 4) is 0 Å². The summed E-state index contributed by atoms with van der Waals surface area (Å²) in [5.74, 6) is 0.676. The average Bonchev–Trinajstić information content (AvgIpc) is 2.76. The quantitative estimate of drug-likeness (QED) is 0.814. The molecule has 7 heteroatoms. The van der Waals surface area contributed by atoms with E-state index in [4.69, 9.17) is 10.5 Å². The second-order valence-corrected chi connectivity index (χ2v) is 4.59. The molecule has 1 amide bonds. The van der Waals surface area contributed by atoms with Gasteiger partial charge in [0.25, 0.3) is 0 Å². The first kappa shape index (κ1) is 12.1. The Morgan fingerprint density at radius 1 is 1.59 bits per heavy atom. The fourth-order valence-corrected chi connectivity index (χ4v) is 2.23. The molecular weight excluding hydrogens is 240 g/mol. The second-order valence-electron chi connectivity index (χ2n) is 3.79. The number of anilines is 2. The molecule has 0 radical (unpaired) electrons. The summed E-state index contributed by atoms with van der Waals surface area (Å²) in [4.78, 5) is 13.6. The topological polar surface area (TPSA) is 80.5 Å². The molecule has 1 fully saturated rings. The van der Waals surface area contributed by atoms with Gasteiger partial charge in [-0.15, -0.1) is 0 Å². The molecule has 2 rings (SSSR count). The molecule has 0 spiro atoms. The van der Waals surface area contributed by atoms with E-state index in [0.717, 1.165) is 5.00 Å². The first-order valence-corrected chi connectivity index (χ1v) is 6.34. The Morgan fingerprint density at radius 3 is 3.00 bits per heavy atom. The normalized spacial score (nSPS) is 15.9. The van der Waals surface area contributed by atoms with E-state index in [-0.39, 0.29) is 5.91 Å². The molecule has 1 aliphatic rings. The highest BCUT2D eigenvalue weighted by atomic mass is 32.1. The lowest BCUT2D eigenvalue weighted by Crippen LogP contribution is -2.41. The molecule has 0 aromatic carbocycles. The Hall–Kier alpha value is -1.34. The fraction of sp³-hybridized carbons (Fsp3) is 0.600. The summed E-state index contributed by atoms with van der Waals surface area (Å²) >= 11 is 1.31. The summed E-state index contributed by atoms with van der Waals surface area (Å²) < 4.78 is 9.15. The van der Waals surface area contributed by atoms with Crippen molar-refractivity contribution in [1.29, 1.82) is 0 Å². The fourth-order valence-electron chi connectivity index (χ4n) is 1.64. The average molecular weight is 256 g/mol.